The number of hydrogen-bond donors (Lipinski definition) is 1. The molecule has 0 aromatic heterocycles. The smallest absolute Gasteiger partial charge is 0.126 e. The van der Waals surface area contributed by atoms with Gasteiger partial charge in [0.15, 0.2) is 0 Å². The minimum atomic E-state index is -0.148. The van der Waals surface area contributed by atoms with Crippen molar-refractivity contribution < 1.29 is 4.39 Å². The number of halogens is 2. The summed E-state index contributed by atoms with van der Waals surface area (Å²) >= 11 is 3.59. The third-order valence-electron chi connectivity index (χ3n) is 3.42. The lowest BCUT2D eigenvalue weighted by Gasteiger charge is -2.20. The zero-order valence-electron chi connectivity index (χ0n) is 11.8. The molecule has 0 saturated heterocycles. The first-order chi connectivity index (χ1) is 9.61. The lowest BCUT2D eigenvalue weighted by molar-refractivity contribution is 0.545. The number of rotatable bonds is 5. The molecule has 2 aromatic rings. The van der Waals surface area contributed by atoms with Crippen molar-refractivity contribution in [3.63, 3.8) is 0 Å². The largest absolute Gasteiger partial charge is 0.310 e. The lowest BCUT2D eigenvalue weighted by Crippen LogP contribution is -2.23. The number of benzene rings is 2. The van der Waals surface area contributed by atoms with Gasteiger partial charge in [0.25, 0.3) is 0 Å². The van der Waals surface area contributed by atoms with Crippen LogP contribution in [0.4, 0.5) is 4.39 Å². The Hall–Kier alpha value is -1.19. The molecule has 0 aliphatic rings. The van der Waals surface area contributed by atoms with Crippen LogP contribution >= 0.6 is 15.9 Å². The Balaban J connectivity index is 2.27. The van der Waals surface area contributed by atoms with E-state index in [-0.39, 0.29) is 11.9 Å². The second-order valence-corrected chi connectivity index (χ2v) is 5.77. The van der Waals surface area contributed by atoms with Gasteiger partial charge in [-0.15, -0.1) is 0 Å². The molecule has 0 bridgehead atoms. The summed E-state index contributed by atoms with van der Waals surface area (Å²) < 4.78 is 14.5. The van der Waals surface area contributed by atoms with Crippen LogP contribution in [0.1, 0.15) is 29.7 Å². The van der Waals surface area contributed by atoms with E-state index in [0.29, 0.717) is 5.56 Å². The van der Waals surface area contributed by atoms with Crippen molar-refractivity contribution in [3.8, 4) is 0 Å². The van der Waals surface area contributed by atoms with E-state index < -0.39 is 0 Å². The quantitative estimate of drug-likeness (QED) is 0.828. The van der Waals surface area contributed by atoms with Crippen LogP contribution in [0.5, 0.6) is 0 Å². The summed E-state index contributed by atoms with van der Waals surface area (Å²) in [6.45, 7) is 4.77. The molecule has 3 heteroatoms. The predicted molar refractivity (Wildman–Crippen MR) is 85.4 cm³/mol. The molecule has 0 heterocycles. The Labute approximate surface area is 128 Å². The number of nitrogens with one attached hydrogen (secondary N) is 1. The van der Waals surface area contributed by atoms with Gasteiger partial charge >= 0.3 is 0 Å². The third kappa shape index (κ3) is 3.68. The zero-order chi connectivity index (χ0) is 14.5. The molecule has 106 valence electrons. The van der Waals surface area contributed by atoms with Crippen LogP contribution < -0.4 is 5.32 Å². The van der Waals surface area contributed by atoms with Gasteiger partial charge in [0.2, 0.25) is 0 Å². The summed E-state index contributed by atoms with van der Waals surface area (Å²) in [5.74, 6) is -0.148. The molecular formula is C17H19BrFN. The average Bonchev–Trinajstić information content (AvgIpc) is 2.44. The maximum absolute atomic E-state index is 13.4. The Morgan fingerprint density at radius 2 is 1.95 bits per heavy atom. The van der Waals surface area contributed by atoms with Gasteiger partial charge in [-0.05, 0) is 48.7 Å². The highest BCUT2D eigenvalue weighted by Crippen LogP contribution is 2.25. The van der Waals surface area contributed by atoms with Crippen molar-refractivity contribution in [2.75, 3.05) is 6.54 Å². The zero-order valence-corrected chi connectivity index (χ0v) is 13.4. The normalized spacial score (nSPS) is 12.4. The van der Waals surface area contributed by atoms with Crippen LogP contribution in [0.15, 0.2) is 46.9 Å². The second kappa shape index (κ2) is 7.00. The molecule has 0 spiro atoms. The Morgan fingerprint density at radius 1 is 1.20 bits per heavy atom. The summed E-state index contributed by atoms with van der Waals surface area (Å²) in [5, 5.41) is 3.48. The molecule has 0 saturated carbocycles. The van der Waals surface area contributed by atoms with E-state index in [0.717, 1.165) is 23.0 Å². The molecule has 1 nitrogen and oxygen atoms in total. The minimum Gasteiger partial charge on any atom is -0.310 e. The highest BCUT2D eigenvalue weighted by molar-refractivity contribution is 9.10. The molecule has 0 aliphatic heterocycles. The van der Waals surface area contributed by atoms with Gasteiger partial charge < -0.3 is 5.32 Å². The first-order valence-electron chi connectivity index (χ1n) is 6.84. The average molecular weight is 336 g/mol. The minimum absolute atomic E-state index is 0.148. The standard InChI is InChI=1S/C17H19BrFN/c1-3-20-17(11-13-6-4-5-7-15(13)18)14-8-9-16(19)12(2)10-14/h4-10,17,20H,3,11H2,1-2H3. The summed E-state index contributed by atoms with van der Waals surface area (Å²) in [6, 6.07) is 13.8. The van der Waals surface area contributed by atoms with E-state index in [1.807, 2.05) is 30.3 Å². The van der Waals surface area contributed by atoms with Gasteiger partial charge in [-0.2, -0.15) is 0 Å². The number of aryl methyl sites for hydroxylation is 1. The summed E-state index contributed by atoms with van der Waals surface area (Å²) in [6.07, 6.45) is 0.875. The summed E-state index contributed by atoms with van der Waals surface area (Å²) in [5.41, 5.74) is 3.07. The van der Waals surface area contributed by atoms with E-state index in [1.165, 1.54) is 5.56 Å². The maximum atomic E-state index is 13.4. The van der Waals surface area contributed by atoms with Gasteiger partial charge in [0.05, 0.1) is 0 Å². The van der Waals surface area contributed by atoms with Crippen molar-refractivity contribution in [2.45, 2.75) is 26.3 Å². The first-order valence-corrected chi connectivity index (χ1v) is 7.64. The van der Waals surface area contributed by atoms with Crippen molar-refractivity contribution >= 4 is 15.9 Å². The van der Waals surface area contributed by atoms with Crippen LogP contribution in [0.2, 0.25) is 0 Å². The SMILES string of the molecule is CCNC(Cc1ccccc1Br)c1ccc(F)c(C)c1. The molecule has 0 fully saturated rings. The van der Waals surface area contributed by atoms with Gasteiger partial charge in [-0.1, -0.05) is 53.2 Å². The molecule has 1 unspecified atom stereocenters. The van der Waals surface area contributed by atoms with Crippen LogP contribution in [0.3, 0.4) is 0 Å². The molecular weight excluding hydrogens is 317 g/mol. The van der Waals surface area contributed by atoms with Crippen LogP contribution in [-0.4, -0.2) is 6.54 Å². The molecule has 1 atom stereocenters. The van der Waals surface area contributed by atoms with Gasteiger partial charge in [0.1, 0.15) is 5.82 Å². The monoisotopic (exact) mass is 335 g/mol. The van der Waals surface area contributed by atoms with E-state index in [1.54, 1.807) is 13.0 Å². The molecule has 2 rings (SSSR count). The maximum Gasteiger partial charge on any atom is 0.126 e. The molecule has 1 N–H and O–H groups in total. The first kappa shape index (κ1) is 15.2. The van der Waals surface area contributed by atoms with Crippen molar-refractivity contribution in [3.05, 3.63) is 69.4 Å². The molecule has 2 aromatic carbocycles. The lowest BCUT2D eigenvalue weighted by atomic mass is 9.97. The van der Waals surface area contributed by atoms with Gasteiger partial charge in [-0.25, -0.2) is 4.39 Å². The Bertz CT molecular complexity index is 583. The van der Waals surface area contributed by atoms with E-state index in [2.05, 4.69) is 34.2 Å². The molecule has 20 heavy (non-hydrogen) atoms. The van der Waals surface area contributed by atoms with E-state index in [4.69, 9.17) is 0 Å². The number of likely N-dealkylation sites (N-methyl/N-ethyl adjacent to an activating group) is 1. The second-order valence-electron chi connectivity index (χ2n) is 4.91. The predicted octanol–water partition coefficient (Wildman–Crippen LogP) is 4.79. The third-order valence-corrected chi connectivity index (χ3v) is 4.19. The fraction of sp³-hybridized carbons (Fsp3) is 0.294. The summed E-state index contributed by atoms with van der Waals surface area (Å²) in [7, 11) is 0. The van der Waals surface area contributed by atoms with Crippen LogP contribution in [-0.2, 0) is 6.42 Å². The van der Waals surface area contributed by atoms with Crippen molar-refractivity contribution in [1.29, 1.82) is 0 Å². The van der Waals surface area contributed by atoms with Gasteiger partial charge in [-0.3, -0.25) is 0 Å². The van der Waals surface area contributed by atoms with Crippen molar-refractivity contribution in [2.24, 2.45) is 0 Å². The highest BCUT2D eigenvalue weighted by Gasteiger charge is 2.13. The topological polar surface area (TPSA) is 12.0 Å². The Kier molecular flexibility index (Phi) is 5.32. The van der Waals surface area contributed by atoms with Crippen LogP contribution in [0.25, 0.3) is 0 Å². The van der Waals surface area contributed by atoms with E-state index >= 15 is 0 Å². The molecule has 0 radical (unpaired) electrons. The highest BCUT2D eigenvalue weighted by atomic mass is 79.9. The fourth-order valence-electron chi connectivity index (χ4n) is 2.32. The molecule has 0 aliphatic carbocycles. The molecule has 0 amide bonds. The van der Waals surface area contributed by atoms with Crippen LogP contribution in [0, 0.1) is 12.7 Å². The Morgan fingerprint density at radius 3 is 2.60 bits per heavy atom. The van der Waals surface area contributed by atoms with E-state index in [9.17, 15) is 4.39 Å². The van der Waals surface area contributed by atoms with Gasteiger partial charge in [0, 0.05) is 10.5 Å². The summed E-state index contributed by atoms with van der Waals surface area (Å²) in [4.78, 5) is 0. The van der Waals surface area contributed by atoms with Crippen molar-refractivity contribution in [1.82, 2.24) is 5.32 Å². The number of hydrogen-bond acceptors (Lipinski definition) is 1. The fourth-order valence-corrected chi connectivity index (χ4v) is 2.77.